The molecule has 2 aliphatic heterocycles. The van der Waals surface area contributed by atoms with Crippen LogP contribution in [0.3, 0.4) is 0 Å². The zero-order chi connectivity index (χ0) is 42.0. The van der Waals surface area contributed by atoms with Gasteiger partial charge in [0, 0.05) is 31.6 Å². The van der Waals surface area contributed by atoms with Gasteiger partial charge in [0.05, 0.1) is 18.8 Å². The van der Waals surface area contributed by atoms with Crippen molar-refractivity contribution in [2.45, 2.75) is 154 Å². The number of hydrogen-bond donors (Lipinski definition) is 2. The van der Waals surface area contributed by atoms with Crippen molar-refractivity contribution in [3.63, 3.8) is 0 Å². The van der Waals surface area contributed by atoms with E-state index < -0.39 is 30.3 Å². The first-order valence-corrected chi connectivity index (χ1v) is 22.2. The number of rotatable bonds is 23. The molecule has 0 bridgehead atoms. The Morgan fingerprint density at radius 1 is 0.797 bits per heavy atom. The quantitative estimate of drug-likeness (QED) is 0.0926. The van der Waals surface area contributed by atoms with Crippen LogP contribution >= 0.6 is 0 Å². The molecule has 2 fully saturated rings. The molecule has 0 aromatic heterocycles. The van der Waals surface area contributed by atoms with Gasteiger partial charge in [-0.25, -0.2) is 0 Å². The summed E-state index contributed by atoms with van der Waals surface area (Å²) in [6.45, 7) is 7.43. The summed E-state index contributed by atoms with van der Waals surface area (Å²) in [4.78, 5) is 28.3. The van der Waals surface area contributed by atoms with E-state index in [0.717, 1.165) is 59.4 Å². The molecule has 0 radical (unpaired) electrons. The van der Waals surface area contributed by atoms with Gasteiger partial charge in [-0.1, -0.05) is 151 Å². The monoisotopic (exact) mass is 821 g/mol. The van der Waals surface area contributed by atoms with E-state index in [-0.39, 0.29) is 38.3 Å². The minimum atomic E-state index is -5.02. The number of likely N-dealkylation sites (tertiary alicyclic amines) is 1. The van der Waals surface area contributed by atoms with Gasteiger partial charge in [0.25, 0.3) is 0 Å². The Morgan fingerprint density at radius 2 is 1.41 bits per heavy atom. The topological polar surface area (TPSA) is 91.3 Å². The number of alkyl halides is 3. The number of hydrogen-bond acceptors (Lipinski definition) is 6. The van der Waals surface area contributed by atoms with Crippen molar-refractivity contribution < 1.29 is 37.3 Å². The molecule has 0 aliphatic carbocycles. The van der Waals surface area contributed by atoms with Gasteiger partial charge >= 0.3 is 12.1 Å². The average Bonchev–Trinajstić information content (AvgIpc) is 3.75. The summed E-state index contributed by atoms with van der Waals surface area (Å²) in [5.41, 5.74) is 5.36. The fourth-order valence-electron chi connectivity index (χ4n) is 8.37. The molecule has 2 heterocycles. The summed E-state index contributed by atoms with van der Waals surface area (Å²) in [6, 6.07) is 22.4. The molecule has 4 atom stereocenters. The highest BCUT2D eigenvalue weighted by Crippen LogP contribution is 2.39. The molecule has 2 amide bonds. The molecule has 2 N–H and O–H groups in total. The summed E-state index contributed by atoms with van der Waals surface area (Å²) < 4.78 is 53.0. The Labute approximate surface area is 349 Å². The van der Waals surface area contributed by atoms with E-state index >= 15 is 0 Å². The van der Waals surface area contributed by atoms with Crippen molar-refractivity contribution in [2.75, 3.05) is 26.2 Å². The molecule has 59 heavy (non-hydrogen) atoms. The number of halogens is 3. The van der Waals surface area contributed by atoms with E-state index in [1.54, 1.807) is 0 Å². The highest BCUT2D eigenvalue weighted by atomic mass is 19.4. The lowest BCUT2D eigenvalue weighted by Crippen LogP contribution is -2.50. The minimum absolute atomic E-state index is 0.0179. The molecule has 2 saturated heterocycles. The van der Waals surface area contributed by atoms with Crippen molar-refractivity contribution in [1.29, 1.82) is 0 Å². The lowest BCUT2D eigenvalue weighted by molar-refractivity contribution is -0.253. The minimum Gasteiger partial charge on any atom is -0.392 e. The van der Waals surface area contributed by atoms with Crippen LogP contribution in [-0.4, -0.2) is 71.2 Å². The van der Waals surface area contributed by atoms with E-state index in [9.17, 15) is 27.9 Å². The lowest BCUT2D eigenvalue weighted by Gasteiger charge is -2.38. The summed E-state index contributed by atoms with van der Waals surface area (Å²) >= 11 is 0. The number of benzene rings is 3. The second-order valence-electron chi connectivity index (χ2n) is 16.3. The van der Waals surface area contributed by atoms with E-state index in [1.165, 1.54) is 77.0 Å². The van der Waals surface area contributed by atoms with Crippen LogP contribution in [0, 0.1) is 0 Å². The third kappa shape index (κ3) is 14.2. The van der Waals surface area contributed by atoms with Gasteiger partial charge in [-0.2, -0.15) is 13.2 Å². The van der Waals surface area contributed by atoms with Gasteiger partial charge in [-0.15, -0.1) is 0 Å². The fourth-order valence-corrected chi connectivity index (χ4v) is 8.37. The highest BCUT2D eigenvalue weighted by molar-refractivity contribution is 5.90. The molecule has 11 heteroatoms. The average molecular weight is 822 g/mol. The predicted molar refractivity (Wildman–Crippen MR) is 226 cm³/mol. The number of aliphatic hydroxyl groups excluding tert-OH is 1. The van der Waals surface area contributed by atoms with Crippen LogP contribution in [0.15, 0.2) is 72.8 Å². The van der Waals surface area contributed by atoms with Gasteiger partial charge in [-0.05, 0) is 66.6 Å². The maximum absolute atomic E-state index is 13.2. The number of nitrogens with one attached hydrogen (secondary N) is 1. The first-order chi connectivity index (χ1) is 28.6. The van der Waals surface area contributed by atoms with Gasteiger partial charge in [0.2, 0.25) is 5.91 Å². The van der Waals surface area contributed by atoms with Crippen LogP contribution in [0.25, 0.3) is 11.1 Å². The van der Waals surface area contributed by atoms with Gasteiger partial charge in [0.15, 0.2) is 6.29 Å². The standard InChI is InChI=1S/C48H66F3N3O5/c1-3-5-7-9-11-15-29-53(30-16-12-10-8-6-4-2)34-41-32-44(38-23-21-36(35-55)22-24-38)59-46(58-41)39-27-25-37(26-28-39)42-19-14-13-18-40(42)33-52-45(56)43-20-17-31-54(43)47(57)48(49,50)51/h13-14,18-19,21-28,41,43-44,46,55H,3-12,15-17,20,29-35H2,1-2H3,(H,52,56). The van der Waals surface area contributed by atoms with E-state index in [2.05, 4.69) is 24.1 Å². The summed E-state index contributed by atoms with van der Waals surface area (Å²) in [5.74, 6) is -2.57. The van der Waals surface area contributed by atoms with Crippen LogP contribution in [0.2, 0.25) is 0 Å². The van der Waals surface area contributed by atoms with Crippen LogP contribution < -0.4 is 5.32 Å². The Bertz CT molecular complexity index is 1690. The first kappa shape index (κ1) is 46.3. The number of nitrogens with zero attached hydrogens (tertiary/aromatic N) is 2. The molecule has 3 aromatic rings. The smallest absolute Gasteiger partial charge is 0.392 e. The summed E-state index contributed by atoms with van der Waals surface area (Å²) in [6.07, 6.45) is 10.5. The van der Waals surface area contributed by atoms with E-state index in [4.69, 9.17) is 9.47 Å². The SMILES string of the molecule is CCCCCCCCN(CCCCCCCC)CC1CC(c2ccc(CO)cc2)OC(c2ccc(-c3ccccc3CNC(=O)C3CCCN3C(=O)C(F)(F)F)cc2)O1. The van der Waals surface area contributed by atoms with E-state index in [0.29, 0.717) is 11.3 Å². The zero-order valence-corrected chi connectivity index (χ0v) is 35.2. The zero-order valence-electron chi connectivity index (χ0n) is 35.2. The lowest BCUT2D eigenvalue weighted by atomic mass is 9.97. The van der Waals surface area contributed by atoms with Crippen molar-refractivity contribution in [3.05, 3.63) is 95.1 Å². The molecule has 324 valence electrons. The van der Waals surface area contributed by atoms with Crippen molar-refractivity contribution in [3.8, 4) is 11.1 Å². The number of carbonyl (C=O) groups is 2. The molecular formula is C48H66F3N3O5. The molecule has 8 nitrogen and oxygen atoms in total. The van der Waals surface area contributed by atoms with Gasteiger partial charge in [0.1, 0.15) is 6.04 Å². The molecule has 4 unspecified atom stereocenters. The number of amides is 2. The van der Waals surface area contributed by atoms with Crippen molar-refractivity contribution in [2.24, 2.45) is 0 Å². The van der Waals surface area contributed by atoms with Gasteiger partial charge < -0.3 is 29.7 Å². The van der Waals surface area contributed by atoms with Crippen LogP contribution in [0.1, 0.15) is 145 Å². The van der Waals surface area contributed by atoms with Crippen molar-refractivity contribution in [1.82, 2.24) is 15.1 Å². The Balaban J connectivity index is 1.29. The maximum Gasteiger partial charge on any atom is 0.471 e. The summed E-state index contributed by atoms with van der Waals surface area (Å²) in [7, 11) is 0. The third-order valence-electron chi connectivity index (χ3n) is 11.8. The molecule has 0 saturated carbocycles. The largest absolute Gasteiger partial charge is 0.471 e. The molecule has 2 aliphatic rings. The second-order valence-corrected chi connectivity index (χ2v) is 16.3. The Kier molecular flexibility index (Phi) is 18.7. The van der Waals surface area contributed by atoms with Crippen LogP contribution in [-0.2, 0) is 32.2 Å². The molecular weight excluding hydrogens is 756 g/mol. The second kappa shape index (κ2) is 23.9. The summed E-state index contributed by atoms with van der Waals surface area (Å²) in [5, 5.41) is 12.5. The van der Waals surface area contributed by atoms with E-state index in [1.807, 2.05) is 72.8 Å². The number of aliphatic hydroxyl groups is 1. The van der Waals surface area contributed by atoms with Crippen LogP contribution in [0.5, 0.6) is 0 Å². The Hall–Kier alpha value is -3.77. The molecule has 0 spiro atoms. The fraction of sp³-hybridized carbons (Fsp3) is 0.583. The van der Waals surface area contributed by atoms with Gasteiger partial charge in [-0.3, -0.25) is 9.59 Å². The Morgan fingerprint density at radius 3 is 2.03 bits per heavy atom. The van der Waals surface area contributed by atoms with Crippen molar-refractivity contribution >= 4 is 11.8 Å². The number of carbonyl (C=O) groups excluding carboxylic acids is 2. The normalized spacial score (nSPS) is 19.7. The predicted octanol–water partition coefficient (Wildman–Crippen LogP) is 10.6. The number of unbranched alkanes of at least 4 members (excludes halogenated alkanes) is 10. The third-order valence-corrected chi connectivity index (χ3v) is 11.8. The van der Waals surface area contributed by atoms with Crippen LogP contribution in [0.4, 0.5) is 13.2 Å². The molecule has 5 rings (SSSR count). The number of ether oxygens (including phenoxy) is 2. The maximum atomic E-state index is 13.2. The highest BCUT2D eigenvalue weighted by Gasteiger charge is 2.47. The molecule has 3 aromatic carbocycles. The first-order valence-electron chi connectivity index (χ1n) is 22.2.